The lowest BCUT2D eigenvalue weighted by Gasteiger charge is -2.38. The Balaban J connectivity index is 1.62. The van der Waals surface area contributed by atoms with Crippen molar-refractivity contribution in [1.82, 2.24) is 9.80 Å². The van der Waals surface area contributed by atoms with E-state index in [9.17, 15) is 9.59 Å². The first kappa shape index (κ1) is 27.7. The van der Waals surface area contributed by atoms with Gasteiger partial charge in [0, 0.05) is 29.6 Å². The molecule has 38 heavy (non-hydrogen) atoms. The second kappa shape index (κ2) is 11.6. The Morgan fingerprint density at radius 1 is 1.03 bits per heavy atom. The van der Waals surface area contributed by atoms with Gasteiger partial charge in [-0.15, -0.1) is 11.3 Å². The minimum atomic E-state index is -0.211. The molecule has 7 heteroatoms. The number of carbonyl (C=O) groups excluding carboxylic acids is 2. The van der Waals surface area contributed by atoms with E-state index in [1.165, 1.54) is 16.0 Å². The Labute approximate surface area is 230 Å². The van der Waals surface area contributed by atoms with Crippen LogP contribution in [0.5, 0.6) is 11.5 Å². The number of amides is 2. The molecule has 1 aliphatic rings. The predicted molar refractivity (Wildman–Crippen MR) is 152 cm³/mol. The van der Waals surface area contributed by atoms with Gasteiger partial charge in [-0.2, -0.15) is 0 Å². The van der Waals surface area contributed by atoms with Crippen molar-refractivity contribution in [2.45, 2.75) is 52.0 Å². The zero-order valence-electron chi connectivity index (χ0n) is 23.2. The van der Waals surface area contributed by atoms with E-state index in [1.807, 2.05) is 11.8 Å². The van der Waals surface area contributed by atoms with Crippen LogP contribution in [0.4, 0.5) is 0 Å². The Bertz CT molecular complexity index is 1250. The summed E-state index contributed by atoms with van der Waals surface area (Å²) in [5, 5.41) is 2.11. The lowest BCUT2D eigenvalue weighted by molar-refractivity contribution is -0.134. The molecule has 3 aromatic rings. The number of thiophene rings is 1. The maximum absolute atomic E-state index is 13.9. The highest BCUT2D eigenvalue weighted by atomic mass is 32.1. The molecule has 2 aromatic carbocycles. The van der Waals surface area contributed by atoms with E-state index < -0.39 is 0 Å². The predicted octanol–water partition coefficient (Wildman–Crippen LogP) is 6.09. The topological polar surface area (TPSA) is 59.1 Å². The van der Waals surface area contributed by atoms with Gasteiger partial charge in [-0.25, -0.2) is 0 Å². The zero-order valence-corrected chi connectivity index (χ0v) is 24.1. The second-order valence-electron chi connectivity index (χ2n) is 10.7. The maximum atomic E-state index is 13.9. The summed E-state index contributed by atoms with van der Waals surface area (Å²) in [7, 11) is 3.11. The van der Waals surface area contributed by atoms with Crippen LogP contribution < -0.4 is 9.47 Å². The average Bonchev–Trinajstić information content (AvgIpc) is 3.40. The van der Waals surface area contributed by atoms with Crippen LogP contribution in [0.25, 0.3) is 0 Å². The van der Waals surface area contributed by atoms with Crippen LogP contribution in [0.2, 0.25) is 0 Å². The first-order chi connectivity index (χ1) is 18.2. The lowest BCUT2D eigenvalue weighted by Crippen LogP contribution is -2.47. The van der Waals surface area contributed by atoms with Crippen LogP contribution in [0, 0.1) is 0 Å². The van der Waals surface area contributed by atoms with E-state index in [1.54, 1.807) is 48.7 Å². The van der Waals surface area contributed by atoms with E-state index in [0.29, 0.717) is 30.2 Å². The van der Waals surface area contributed by atoms with E-state index in [0.717, 1.165) is 18.4 Å². The summed E-state index contributed by atoms with van der Waals surface area (Å²) in [6.45, 7) is 9.73. The number of rotatable bonds is 8. The summed E-state index contributed by atoms with van der Waals surface area (Å²) in [6.07, 6.45) is 1.57. The fraction of sp³-hybridized carbons (Fsp3) is 0.419. The third-order valence-electron chi connectivity index (χ3n) is 7.08. The standard InChI is InChI=1S/C31H38N2O4S/c1-7-14-32(30(35)22-17-24(36-5)19-25(18-22)37-6)20-28(34)33-15-12-27-26(13-16-38-27)29(33)21-8-10-23(11-9-21)31(2,3)4/h8-11,13,16-19,29H,7,12,14-15,20H2,1-6H3. The molecule has 0 fully saturated rings. The molecule has 1 atom stereocenters. The van der Waals surface area contributed by atoms with Crippen molar-refractivity contribution in [3.8, 4) is 11.5 Å². The quantitative estimate of drug-likeness (QED) is 0.351. The largest absolute Gasteiger partial charge is 0.497 e. The van der Waals surface area contributed by atoms with Gasteiger partial charge in [0.15, 0.2) is 0 Å². The van der Waals surface area contributed by atoms with Crippen LogP contribution in [-0.2, 0) is 16.6 Å². The summed E-state index contributed by atoms with van der Waals surface area (Å²) in [5.74, 6) is 0.811. The number of hydrogen-bond acceptors (Lipinski definition) is 5. The number of fused-ring (bicyclic) bond motifs is 1. The summed E-state index contributed by atoms with van der Waals surface area (Å²) in [4.78, 5) is 32.4. The van der Waals surface area contributed by atoms with Crippen LogP contribution >= 0.6 is 11.3 Å². The SMILES string of the molecule is CCCN(CC(=O)N1CCc2sccc2C1c1ccc(C(C)(C)C)cc1)C(=O)c1cc(OC)cc(OC)c1. The molecule has 0 saturated carbocycles. The fourth-order valence-electron chi connectivity index (χ4n) is 5.00. The molecule has 0 spiro atoms. The third kappa shape index (κ3) is 5.88. The van der Waals surface area contributed by atoms with Crippen LogP contribution in [0.1, 0.15) is 72.1 Å². The van der Waals surface area contributed by atoms with Crippen molar-refractivity contribution in [2.24, 2.45) is 0 Å². The molecule has 202 valence electrons. The van der Waals surface area contributed by atoms with Crippen molar-refractivity contribution in [1.29, 1.82) is 0 Å². The lowest BCUT2D eigenvalue weighted by atomic mass is 9.85. The molecule has 0 radical (unpaired) electrons. The van der Waals surface area contributed by atoms with Crippen molar-refractivity contribution < 1.29 is 19.1 Å². The third-order valence-corrected chi connectivity index (χ3v) is 8.08. The number of benzene rings is 2. The number of ether oxygens (including phenoxy) is 2. The average molecular weight is 535 g/mol. The number of carbonyl (C=O) groups is 2. The fourth-order valence-corrected chi connectivity index (χ4v) is 5.90. The highest BCUT2D eigenvalue weighted by Gasteiger charge is 2.34. The molecule has 0 bridgehead atoms. The van der Waals surface area contributed by atoms with Crippen LogP contribution in [0.15, 0.2) is 53.9 Å². The van der Waals surface area contributed by atoms with Crippen molar-refractivity contribution in [3.05, 3.63) is 81.0 Å². The van der Waals surface area contributed by atoms with Gasteiger partial charge in [0.2, 0.25) is 5.91 Å². The summed E-state index contributed by atoms with van der Waals surface area (Å²) in [6, 6.07) is 15.7. The normalized spacial score (nSPS) is 15.1. The number of methoxy groups -OCH3 is 2. The maximum Gasteiger partial charge on any atom is 0.254 e. The van der Waals surface area contributed by atoms with Crippen molar-refractivity contribution >= 4 is 23.2 Å². The summed E-state index contributed by atoms with van der Waals surface area (Å²) < 4.78 is 10.7. The van der Waals surface area contributed by atoms with Gasteiger partial charge in [0.1, 0.15) is 18.0 Å². The van der Waals surface area contributed by atoms with Gasteiger partial charge in [-0.1, -0.05) is 52.0 Å². The molecular formula is C31H38N2O4S. The number of nitrogens with zero attached hydrogens (tertiary/aromatic N) is 2. The minimum absolute atomic E-state index is 0.0161. The molecular weight excluding hydrogens is 496 g/mol. The van der Waals surface area contributed by atoms with E-state index in [-0.39, 0.29) is 29.8 Å². The molecule has 0 saturated heterocycles. The van der Waals surface area contributed by atoms with Gasteiger partial charge in [0.05, 0.1) is 20.3 Å². The van der Waals surface area contributed by atoms with Gasteiger partial charge < -0.3 is 19.3 Å². The molecule has 2 amide bonds. The summed E-state index contributed by atoms with van der Waals surface area (Å²) in [5.41, 5.74) is 4.03. The van der Waals surface area contributed by atoms with Crippen molar-refractivity contribution in [2.75, 3.05) is 33.9 Å². The smallest absolute Gasteiger partial charge is 0.254 e. The van der Waals surface area contributed by atoms with E-state index in [2.05, 4.69) is 56.5 Å². The molecule has 4 rings (SSSR count). The second-order valence-corrected chi connectivity index (χ2v) is 11.7. The molecule has 1 aromatic heterocycles. The minimum Gasteiger partial charge on any atom is -0.497 e. The molecule has 0 N–H and O–H groups in total. The van der Waals surface area contributed by atoms with Crippen molar-refractivity contribution in [3.63, 3.8) is 0 Å². The van der Waals surface area contributed by atoms with E-state index in [4.69, 9.17) is 9.47 Å². The van der Waals surface area contributed by atoms with Gasteiger partial charge in [0.25, 0.3) is 5.91 Å². The Morgan fingerprint density at radius 2 is 1.68 bits per heavy atom. The first-order valence-corrected chi connectivity index (χ1v) is 14.0. The van der Waals surface area contributed by atoms with Gasteiger partial charge >= 0.3 is 0 Å². The molecule has 6 nitrogen and oxygen atoms in total. The van der Waals surface area contributed by atoms with E-state index >= 15 is 0 Å². The zero-order chi connectivity index (χ0) is 27.4. The first-order valence-electron chi connectivity index (χ1n) is 13.1. The van der Waals surface area contributed by atoms with Gasteiger partial charge in [-0.3, -0.25) is 9.59 Å². The highest BCUT2D eigenvalue weighted by molar-refractivity contribution is 7.10. The Hall–Kier alpha value is -3.32. The molecule has 2 heterocycles. The monoisotopic (exact) mass is 534 g/mol. The van der Waals surface area contributed by atoms with Crippen LogP contribution in [0.3, 0.4) is 0 Å². The molecule has 1 unspecified atom stereocenters. The Morgan fingerprint density at radius 3 is 2.26 bits per heavy atom. The highest BCUT2D eigenvalue weighted by Crippen LogP contribution is 2.38. The molecule has 0 aliphatic carbocycles. The van der Waals surface area contributed by atoms with Gasteiger partial charge in [-0.05, 0) is 58.5 Å². The molecule has 1 aliphatic heterocycles. The summed E-state index contributed by atoms with van der Waals surface area (Å²) >= 11 is 1.75. The Kier molecular flexibility index (Phi) is 8.46. The number of hydrogen-bond donors (Lipinski definition) is 0. The van der Waals surface area contributed by atoms with Crippen LogP contribution in [-0.4, -0.2) is 55.5 Å².